The highest BCUT2D eigenvalue weighted by atomic mass is 32.2. The fourth-order valence-corrected chi connectivity index (χ4v) is 5.66. The zero-order valence-electron chi connectivity index (χ0n) is 24.5. The second-order valence-corrected chi connectivity index (χ2v) is 11.9. The standard InChI is InChI=1S/C31H36F3N3O5S/c1-5-6-18-35-30(39)23(3)36(20-24-12-14-27(42-4)15-13-24)29(38)21-37(26-9-7-8-25(19-26)31(32,33)34)43(40,41)28-16-10-22(2)11-17-28/h7-17,19,23H,5-6,18,20-21H2,1-4H3,(H,35,39)/t23-/m1/s1. The van der Waals surface area contributed by atoms with Crippen LogP contribution in [0, 0.1) is 6.92 Å². The van der Waals surface area contributed by atoms with Crippen molar-refractivity contribution in [2.45, 2.75) is 57.3 Å². The molecule has 0 spiro atoms. The summed E-state index contributed by atoms with van der Waals surface area (Å²) in [4.78, 5) is 28.0. The van der Waals surface area contributed by atoms with Crippen LogP contribution in [0.1, 0.15) is 43.4 Å². The predicted octanol–water partition coefficient (Wildman–Crippen LogP) is 5.55. The Balaban J connectivity index is 2.06. The Kier molecular flexibility index (Phi) is 11.2. The van der Waals surface area contributed by atoms with Crippen molar-refractivity contribution >= 4 is 27.5 Å². The maximum absolute atomic E-state index is 13.9. The van der Waals surface area contributed by atoms with Gasteiger partial charge in [-0.1, -0.05) is 49.2 Å². The van der Waals surface area contributed by atoms with Crippen LogP contribution in [-0.4, -0.2) is 51.4 Å². The molecule has 0 fully saturated rings. The number of hydrogen-bond donors (Lipinski definition) is 1. The molecule has 3 rings (SSSR count). The molecule has 3 aromatic rings. The summed E-state index contributed by atoms with van der Waals surface area (Å²) >= 11 is 0. The number of unbranched alkanes of at least 4 members (excludes halogenated alkanes) is 1. The SMILES string of the molecule is CCCCNC(=O)[C@@H](C)N(Cc1ccc(OC)cc1)C(=O)CN(c1cccc(C(F)(F)F)c1)S(=O)(=O)c1ccc(C)cc1. The third kappa shape index (κ3) is 8.73. The molecule has 0 saturated heterocycles. The van der Waals surface area contributed by atoms with Crippen LogP contribution in [0.25, 0.3) is 0 Å². The lowest BCUT2D eigenvalue weighted by Crippen LogP contribution is -2.51. The normalized spacial score (nSPS) is 12.3. The lowest BCUT2D eigenvalue weighted by Gasteiger charge is -2.32. The molecule has 2 amide bonds. The summed E-state index contributed by atoms with van der Waals surface area (Å²) in [5.74, 6) is -0.642. The molecule has 1 N–H and O–H groups in total. The van der Waals surface area contributed by atoms with Crippen molar-refractivity contribution in [2.75, 3.05) is 24.5 Å². The molecule has 12 heteroatoms. The van der Waals surface area contributed by atoms with Crippen LogP contribution in [-0.2, 0) is 32.3 Å². The molecule has 8 nitrogen and oxygen atoms in total. The van der Waals surface area contributed by atoms with Crippen molar-refractivity contribution in [3.8, 4) is 5.75 Å². The monoisotopic (exact) mass is 619 g/mol. The second kappa shape index (κ2) is 14.4. The quantitative estimate of drug-likeness (QED) is 0.253. The van der Waals surface area contributed by atoms with Crippen molar-refractivity contribution < 1.29 is 35.9 Å². The summed E-state index contributed by atoms with van der Waals surface area (Å²) in [5, 5.41) is 2.78. The topological polar surface area (TPSA) is 96.0 Å². The molecule has 0 aliphatic rings. The molecule has 0 saturated carbocycles. The number of benzene rings is 3. The zero-order valence-corrected chi connectivity index (χ0v) is 25.3. The van der Waals surface area contributed by atoms with Crippen molar-refractivity contribution in [3.05, 3.63) is 89.5 Å². The van der Waals surface area contributed by atoms with Crippen LogP contribution in [0.3, 0.4) is 0 Å². The highest BCUT2D eigenvalue weighted by Crippen LogP contribution is 2.33. The summed E-state index contributed by atoms with van der Waals surface area (Å²) in [7, 11) is -3.00. The number of alkyl halides is 3. The van der Waals surface area contributed by atoms with Crippen molar-refractivity contribution in [3.63, 3.8) is 0 Å². The second-order valence-electron chi connectivity index (χ2n) is 10.1. The summed E-state index contributed by atoms with van der Waals surface area (Å²) in [6.07, 6.45) is -3.18. The summed E-state index contributed by atoms with van der Waals surface area (Å²) < 4.78 is 74.4. The first-order chi connectivity index (χ1) is 20.3. The van der Waals surface area contributed by atoms with Gasteiger partial charge in [0, 0.05) is 13.1 Å². The number of nitrogens with zero attached hydrogens (tertiary/aromatic N) is 2. The fourth-order valence-electron chi connectivity index (χ4n) is 4.25. The molecule has 0 bridgehead atoms. The van der Waals surface area contributed by atoms with Gasteiger partial charge in [0.2, 0.25) is 11.8 Å². The molecule has 0 aliphatic heterocycles. The summed E-state index contributed by atoms with van der Waals surface area (Å²) in [6.45, 7) is 4.72. The maximum Gasteiger partial charge on any atom is 0.416 e. The first-order valence-corrected chi connectivity index (χ1v) is 15.2. The third-order valence-electron chi connectivity index (χ3n) is 6.86. The number of anilines is 1. The van der Waals surface area contributed by atoms with Gasteiger partial charge in [-0.3, -0.25) is 13.9 Å². The largest absolute Gasteiger partial charge is 0.497 e. The van der Waals surface area contributed by atoms with Gasteiger partial charge in [0.15, 0.2) is 0 Å². The molecular weight excluding hydrogens is 583 g/mol. The van der Waals surface area contributed by atoms with Crippen molar-refractivity contribution in [2.24, 2.45) is 0 Å². The van der Waals surface area contributed by atoms with Crippen LogP contribution in [0.2, 0.25) is 0 Å². The molecular formula is C31H36F3N3O5S. The Hall–Kier alpha value is -4.06. The number of sulfonamides is 1. The molecule has 0 aromatic heterocycles. The minimum atomic E-state index is -4.75. The number of rotatable bonds is 13. The van der Waals surface area contributed by atoms with Crippen LogP contribution >= 0.6 is 0 Å². The number of amides is 2. The average Bonchev–Trinajstić information content (AvgIpc) is 2.98. The van der Waals surface area contributed by atoms with E-state index in [2.05, 4.69) is 5.32 Å². The molecule has 3 aromatic carbocycles. The number of aryl methyl sites for hydroxylation is 1. The minimum Gasteiger partial charge on any atom is -0.497 e. The van der Waals surface area contributed by atoms with Gasteiger partial charge in [0.05, 0.1) is 23.3 Å². The third-order valence-corrected chi connectivity index (χ3v) is 8.65. The van der Waals surface area contributed by atoms with Gasteiger partial charge in [-0.15, -0.1) is 0 Å². The molecule has 1 atom stereocenters. The number of hydrogen-bond acceptors (Lipinski definition) is 5. The van der Waals surface area contributed by atoms with E-state index in [9.17, 15) is 31.2 Å². The zero-order chi connectivity index (χ0) is 31.8. The van der Waals surface area contributed by atoms with Gasteiger partial charge in [-0.2, -0.15) is 13.2 Å². The van der Waals surface area contributed by atoms with E-state index in [1.807, 2.05) is 6.92 Å². The van der Waals surface area contributed by atoms with Crippen LogP contribution in [0.15, 0.2) is 77.7 Å². The van der Waals surface area contributed by atoms with Crippen LogP contribution < -0.4 is 14.4 Å². The van der Waals surface area contributed by atoms with Gasteiger partial charge in [0.1, 0.15) is 18.3 Å². The Morgan fingerprint density at radius 3 is 2.23 bits per heavy atom. The predicted molar refractivity (Wildman–Crippen MR) is 158 cm³/mol. The molecule has 0 unspecified atom stereocenters. The molecule has 0 aliphatic carbocycles. The van der Waals surface area contributed by atoms with E-state index in [1.165, 1.54) is 37.1 Å². The Morgan fingerprint density at radius 1 is 1.00 bits per heavy atom. The number of carbonyl (C=O) groups is 2. The average molecular weight is 620 g/mol. The van der Waals surface area contributed by atoms with Crippen molar-refractivity contribution in [1.82, 2.24) is 10.2 Å². The van der Waals surface area contributed by atoms with E-state index >= 15 is 0 Å². The lowest BCUT2D eigenvalue weighted by molar-refractivity contribution is -0.139. The van der Waals surface area contributed by atoms with Gasteiger partial charge in [-0.05, 0) is 68.3 Å². The number of halogens is 3. The summed E-state index contributed by atoms with van der Waals surface area (Å²) in [6, 6.07) is 15.3. The van der Waals surface area contributed by atoms with Gasteiger partial charge in [-0.25, -0.2) is 8.42 Å². The van der Waals surface area contributed by atoms with Gasteiger partial charge < -0.3 is 15.0 Å². The number of nitrogens with one attached hydrogen (secondary N) is 1. The van der Waals surface area contributed by atoms with E-state index in [0.29, 0.717) is 28.2 Å². The lowest BCUT2D eigenvalue weighted by atomic mass is 10.1. The Bertz CT molecular complexity index is 1490. The number of carbonyl (C=O) groups excluding carboxylic acids is 2. The van der Waals surface area contributed by atoms with E-state index in [4.69, 9.17) is 4.74 Å². The van der Waals surface area contributed by atoms with Crippen LogP contribution in [0.5, 0.6) is 5.75 Å². The van der Waals surface area contributed by atoms with E-state index in [0.717, 1.165) is 30.5 Å². The molecule has 0 heterocycles. The van der Waals surface area contributed by atoms with E-state index < -0.39 is 46.2 Å². The first kappa shape index (κ1) is 33.4. The maximum atomic E-state index is 13.9. The molecule has 0 radical (unpaired) electrons. The van der Waals surface area contributed by atoms with Crippen molar-refractivity contribution in [1.29, 1.82) is 0 Å². The fraction of sp³-hybridized carbons (Fsp3) is 0.355. The van der Waals surface area contributed by atoms with Crippen LogP contribution in [0.4, 0.5) is 18.9 Å². The first-order valence-electron chi connectivity index (χ1n) is 13.7. The Labute approximate surface area is 250 Å². The highest BCUT2D eigenvalue weighted by Gasteiger charge is 2.35. The van der Waals surface area contributed by atoms with E-state index in [1.54, 1.807) is 43.3 Å². The number of ether oxygens (including phenoxy) is 1. The summed E-state index contributed by atoms with van der Waals surface area (Å²) in [5.41, 5.74) is -0.00268. The van der Waals surface area contributed by atoms with Gasteiger partial charge in [0.25, 0.3) is 10.0 Å². The smallest absolute Gasteiger partial charge is 0.416 e. The molecule has 43 heavy (non-hydrogen) atoms. The highest BCUT2D eigenvalue weighted by molar-refractivity contribution is 7.92. The number of methoxy groups -OCH3 is 1. The Morgan fingerprint density at radius 2 is 1.65 bits per heavy atom. The van der Waals surface area contributed by atoms with Gasteiger partial charge >= 0.3 is 6.18 Å². The van der Waals surface area contributed by atoms with E-state index in [-0.39, 0.29) is 17.1 Å². The molecule has 232 valence electrons. The minimum absolute atomic E-state index is 0.0633.